The van der Waals surface area contributed by atoms with Crippen molar-refractivity contribution in [2.75, 3.05) is 26.4 Å². The maximum absolute atomic E-state index is 11.9. The van der Waals surface area contributed by atoms with Gasteiger partial charge in [0.2, 0.25) is 0 Å². The third-order valence-electron chi connectivity index (χ3n) is 11.1. The molecule has 0 N–H and O–H groups in total. The van der Waals surface area contributed by atoms with E-state index >= 15 is 0 Å². The van der Waals surface area contributed by atoms with Crippen LogP contribution in [0, 0.1) is 33.5 Å². The zero-order valence-electron chi connectivity index (χ0n) is 22.0. The van der Waals surface area contributed by atoms with Gasteiger partial charge in [-0.2, -0.15) is 0 Å². The van der Waals surface area contributed by atoms with Crippen LogP contribution in [0.5, 0.6) is 0 Å². The molecule has 4 fully saturated rings. The maximum atomic E-state index is 11.9. The van der Waals surface area contributed by atoms with Gasteiger partial charge in [-0.1, -0.05) is 41.5 Å². The minimum absolute atomic E-state index is 0.182. The summed E-state index contributed by atoms with van der Waals surface area (Å²) in [5.41, 5.74) is 0.988. The Balaban J connectivity index is 1.08. The molecule has 34 heavy (non-hydrogen) atoms. The molecule has 0 aliphatic heterocycles. The van der Waals surface area contributed by atoms with Crippen LogP contribution in [0.3, 0.4) is 0 Å². The molecule has 4 aliphatic carbocycles. The third kappa shape index (κ3) is 4.23. The van der Waals surface area contributed by atoms with Crippen molar-refractivity contribution in [2.24, 2.45) is 33.5 Å². The van der Waals surface area contributed by atoms with Crippen LogP contribution in [0.1, 0.15) is 80.1 Å². The fraction of sp³-hybridized carbons (Fsp3) is 0.857. The van der Waals surface area contributed by atoms with E-state index in [2.05, 4.69) is 41.5 Å². The zero-order valence-corrected chi connectivity index (χ0v) is 22.0. The predicted molar refractivity (Wildman–Crippen MR) is 129 cm³/mol. The van der Waals surface area contributed by atoms with Gasteiger partial charge in [0.1, 0.15) is 13.2 Å². The number of rotatable bonds is 10. The van der Waals surface area contributed by atoms with E-state index in [-0.39, 0.29) is 36.3 Å². The average Bonchev–Trinajstić information content (AvgIpc) is 3.30. The standard InChI is InChI=1S/C28H44O6/c1-25(2)19-9-11-27(25,5)21(17-19)31-13-15-33-23(29)7-8-24(30)34-16-14-32-22-18-20-10-12-28(22,6)26(20,3)4/h7-8,19-22H,9-18H2,1-6H3/b8-7+. The lowest BCUT2D eigenvalue weighted by atomic mass is 9.70. The van der Waals surface area contributed by atoms with Crippen LogP contribution in [0.25, 0.3) is 0 Å². The molecule has 0 aromatic carbocycles. The lowest BCUT2D eigenvalue weighted by Crippen LogP contribution is -2.37. The van der Waals surface area contributed by atoms with E-state index in [1.54, 1.807) is 0 Å². The van der Waals surface area contributed by atoms with Gasteiger partial charge in [-0.15, -0.1) is 0 Å². The summed E-state index contributed by atoms with van der Waals surface area (Å²) in [5.74, 6) is 0.307. The summed E-state index contributed by atoms with van der Waals surface area (Å²) in [7, 11) is 0. The minimum Gasteiger partial charge on any atom is -0.460 e. The molecule has 0 heterocycles. The molecule has 192 valence electrons. The number of fused-ring (bicyclic) bond motifs is 4. The average molecular weight is 477 g/mol. The number of carbonyl (C=O) groups is 2. The monoisotopic (exact) mass is 476 g/mol. The van der Waals surface area contributed by atoms with Gasteiger partial charge in [0.05, 0.1) is 25.4 Å². The van der Waals surface area contributed by atoms with Crippen LogP contribution in [0.2, 0.25) is 0 Å². The van der Waals surface area contributed by atoms with Gasteiger partial charge >= 0.3 is 11.9 Å². The van der Waals surface area contributed by atoms with Crippen molar-refractivity contribution in [1.29, 1.82) is 0 Å². The molecule has 0 saturated heterocycles. The molecule has 0 aromatic rings. The van der Waals surface area contributed by atoms with Crippen LogP contribution in [0.4, 0.5) is 0 Å². The summed E-state index contributed by atoms with van der Waals surface area (Å²) in [6.07, 6.45) is 9.81. The molecule has 6 unspecified atom stereocenters. The van der Waals surface area contributed by atoms with Gasteiger partial charge in [-0.3, -0.25) is 0 Å². The fourth-order valence-corrected chi connectivity index (χ4v) is 7.66. The molecular weight excluding hydrogens is 432 g/mol. The Bertz CT molecular complexity index is 750. The smallest absolute Gasteiger partial charge is 0.331 e. The fourth-order valence-electron chi connectivity index (χ4n) is 7.66. The van der Waals surface area contributed by atoms with E-state index in [0.29, 0.717) is 35.9 Å². The third-order valence-corrected chi connectivity index (χ3v) is 11.1. The normalized spacial score (nSPS) is 39.1. The van der Waals surface area contributed by atoms with Crippen molar-refractivity contribution in [3.05, 3.63) is 12.2 Å². The molecule has 0 radical (unpaired) electrons. The number of ether oxygens (including phenoxy) is 4. The van der Waals surface area contributed by atoms with Crippen molar-refractivity contribution in [3.8, 4) is 0 Å². The Labute approximate surface area is 205 Å². The molecule has 6 heteroatoms. The largest absolute Gasteiger partial charge is 0.460 e. The van der Waals surface area contributed by atoms with Crippen LogP contribution in [-0.2, 0) is 28.5 Å². The van der Waals surface area contributed by atoms with Gasteiger partial charge in [0.25, 0.3) is 0 Å². The first-order valence-corrected chi connectivity index (χ1v) is 13.2. The number of carbonyl (C=O) groups excluding carboxylic acids is 2. The molecule has 6 atom stereocenters. The number of esters is 2. The molecule has 4 bridgehead atoms. The second-order valence-electron chi connectivity index (χ2n) is 12.6. The molecular formula is C28H44O6. The first kappa shape index (κ1) is 25.7. The van der Waals surface area contributed by atoms with Crippen LogP contribution in [-0.4, -0.2) is 50.6 Å². The minimum atomic E-state index is -0.562. The quantitative estimate of drug-likeness (QED) is 0.248. The Hall–Kier alpha value is -1.40. The number of hydrogen-bond acceptors (Lipinski definition) is 6. The lowest BCUT2D eigenvalue weighted by Gasteiger charge is -2.38. The van der Waals surface area contributed by atoms with Gasteiger partial charge in [-0.25, -0.2) is 9.59 Å². The summed E-state index contributed by atoms with van der Waals surface area (Å²) >= 11 is 0. The van der Waals surface area contributed by atoms with E-state index in [9.17, 15) is 9.59 Å². The highest BCUT2D eigenvalue weighted by atomic mass is 16.6. The topological polar surface area (TPSA) is 71.1 Å². The van der Waals surface area contributed by atoms with E-state index in [0.717, 1.165) is 25.0 Å². The van der Waals surface area contributed by atoms with Crippen LogP contribution in [0.15, 0.2) is 12.2 Å². The predicted octanol–water partition coefficient (Wildman–Crippen LogP) is 5.09. The number of hydrogen-bond donors (Lipinski definition) is 0. The van der Waals surface area contributed by atoms with Crippen molar-refractivity contribution in [2.45, 2.75) is 92.3 Å². The van der Waals surface area contributed by atoms with Gasteiger partial charge < -0.3 is 18.9 Å². The lowest BCUT2D eigenvalue weighted by molar-refractivity contribution is -0.144. The SMILES string of the molecule is CC1(C)C2CCC1(C)C(OCCOC(=O)/C=C/C(=O)OCCOC1CC3CCC1(C)C3(C)C)C2. The van der Waals surface area contributed by atoms with Gasteiger partial charge in [0, 0.05) is 12.2 Å². The molecule has 4 rings (SSSR count). The summed E-state index contributed by atoms with van der Waals surface area (Å²) in [6.45, 7) is 15.2. The Kier molecular flexibility index (Phi) is 6.98. The van der Waals surface area contributed by atoms with Crippen molar-refractivity contribution in [3.63, 3.8) is 0 Å². The highest BCUT2D eigenvalue weighted by Gasteiger charge is 2.62. The van der Waals surface area contributed by atoms with Crippen molar-refractivity contribution in [1.82, 2.24) is 0 Å². The Morgan fingerprint density at radius 2 is 1.06 bits per heavy atom. The Morgan fingerprint density at radius 3 is 1.35 bits per heavy atom. The van der Waals surface area contributed by atoms with E-state index in [1.165, 1.54) is 25.7 Å². The first-order chi connectivity index (χ1) is 15.9. The van der Waals surface area contributed by atoms with E-state index < -0.39 is 11.9 Å². The van der Waals surface area contributed by atoms with Crippen LogP contribution < -0.4 is 0 Å². The molecule has 0 aromatic heterocycles. The second kappa shape index (κ2) is 9.24. The summed E-state index contributed by atoms with van der Waals surface area (Å²) in [4.78, 5) is 23.8. The zero-order chi connectivity index (χ0) is 24.8. The first-order valence-electron chi connectivity index (χ1n) is 13.2. The molecule has 0 spiro atoms. The molecule has 0 amide bonds. The maximum Gasteiger partial charge on any atom is 0.331 e. The highest BCUT2D eigenvalue weighted by molar-refractivity contribution is 5.91. The Morgan fingerprint density at radius 1 is 0.676 bits per heavy atom. The molecule has 4 saturated carbocycles. The van der Waals surface area contributed by atoms with Crippen molar-refractivity contribution >= 4 is 11.9 Å². The van der Waals surface area contributed by atoms with E-state index in [1.807, 2.05) is 0 Å². The van der Waals surface area contributed by atoms with Gasteiger partial charge in [0.15, 0.2) is 0 Å². The summed E-state index contributed by atoms with van der Waals surface area (Å²) in [5, 5.41) is 0. The second-order valence-corrected chi connectivity index (χ2v) is 12.6. The van der Waals surface area contributed by atoms with Gasteiger partial charge in [-0.05, 0) is 72.0 Å². The van der Waals surface area contributed by atoms with Crippen LogP contribution >= 0.6 is 0 Å². The molecule has 6 nitrogen and oxygen atoms in total. The van der Waals surface area contributed by atoms with E-state index in [4.69, 9.17) is 18.9 Å². The van der Waals surface area contributed by atoms with Crippen molar-refractivity contribution < 1.29 is 28.5 Å². The summed E-state index contributed by atoms with van der Waals surface area (Å²) in [6, 6.07) is 0. The highest BCUT2D eigenvalue weighted by Crippen LogP contribution is 2.67. The summed E-state index contributed by atoms with van der Waals surface area (Å²) < 4.78 is 22.6. The molecule has 4 aliphatic rings.